The summed E-state index contributed by atoms with van der Waals surface area (Å²) in [5.41, 5.74) is 5.47. The topological polar surface area (TPSA) is 37.3 Å². The molecule has 1 aromatic heterocycles. The molecule has 0 fully saturated rings. The fourth-order valence-electron chi connectivity index (χ4n) is 2.75. The van der Waals surface area contributed by atoms with E-state index in [2.05, 4.69) is 61.1 Å². The largest absolute Gasteiger partial charge is 0.373 e. The van der Waals surface area contributed by atoms with Crippen molar-refractivity contribution in [1.29, 1.82) is 0 Å². The van der Waals surface area contributed by atoms with Crippen LogP contribution in [0.15, 0.2) is 53.7 Å². The Bertz CT molecular complexity index is 880. The molecule has 0 bridgehead atoms. The minimum atomic E-state index is 0.781. The predicted molar refractivity (Wildman–Crippen MR) is 122 cm³/mol. The molecule has 2 aromatic rings. The number of allylic oxidation sites excluding steroid dienone is 2. The second kappa shape index (κ2) is 11.1. The van der Waals surface area contributed by atoms with Gasteiger partial charge in [-0.15, -0.1) is 0 Å². The van der Waals surface area contributed by atoms with Crippen molar-refractivity contribution in [3.63, 3.8) is 0 Å². The van der Waals surface area contributed by atoms with Gasteiger partial charge in [0, 0.05) is 24.5 Å². The van der Waals surface area contributed by atoms with E-state index in [4.69, 9.17) is 4.99 Å². The van der Waals surface area contributed by atoms with E-state index >= 15 is 0 Å². The van der Waals surface area contributed by atoms with Crippen molar-refractivity contribution >= 4 is 17.2 Å². The standard InChI is InChI=1S/C25H31N3/c1-6-19(2)11-12-22-13-15-24(20(3)17-22)28-21(4)9-7-8-10-23-14-16-25(26-5)27-18-23/h7,9,13-19H,6,11-12H2,1-5H3,(H,26,27)/b9-7+,28-21+. The Morgan fingerprint density at radius 2 is 2.11 bits per heavy atom. The lowest BCUT2D eigenvalue weighted by Gasteiger charge is -2.09. The molecule has 0 aliphatic heterocycles. The molecule has 1 unspecified atom stereocenters. The molecule has 1 atom stereocenters. The molecular weight excluding hydrogens is 342 g/mol. The maximum atomic E-state index is 4.72. The monoisotopic (exact) mass is 373 g/mol. The van der Waals surface area contributed by atoms with E-state index in [-0.39, 0.29) is 0 Å². The number of hydrogen-bond acceptors (Lipinski definition) is 3. The summed E-state index contributed by atoms with van der Waals surface area (Å²) in [7, 11) is 1.85. The number of aliphatic imine (C=N–C) groups is 1. The van der Waals surface area contributed by atoms with E-state index in [1.807, 2.05) is 38.3 Å². The second-order valence-electron chi connectivity index (χ2n) is 7.21. The van der Waals surface area contributed by atoms with Crippen molar-refractivity contribution in [3.05, 3.63) is 65.4 Å². The first kappa shape index (κ1) is 21.4. The number of rotatable bonds is 7. The van der Waals surface area contributed by atoms with Crippen LogP contribution in [0.1, 0.15) is 50.3 Å². The molecule has 0 aliphatic carbocycles. The van der Waals surface area contributed by atoms with Gasteiger partial charge in [0.15, 0.2) is 0 Å². The lowest BCUT2D eigenvalue weighted by atomic mass is 9.98. The molecule has 0 aliphatic rings. The average Bonchev–Trinajstić information content (AvgIpc) is 2.71. The Hall–Kier alpha value is -2.86. The molecule has 0 saturated carbocycles. The molecular formula is C25H31N3. The minimum absolute atomic E-state index is 0.781. The minimum Gasteiger partial charge on any atom is -0.373 e. The van der Waals surface area contributed by atoms with Crippen molar-refractivity contribution in [2.45, 2.75) is 47.0 Å². The van der Waals surface area contributed by atoms with E-state index in [0.717, 1.165) is 35.1 Å². The quantitative estimate of drug-likeness (QED) is 0.469. The molecule has 3 nitrogen and oxygen atoms in total. The predicted octanol–water partition coefficient (Wildman–Crippen LogP) is 6.11. The van der Waals surface area contributed by atoms with Gasteiger partial charge in [0.25, 0.3) is 0 Å². The normalized spacial score (nSPS) is 12.5. The van der Waals surface area contributed by atoms with Crippen molar-refractivity contribution in [3.8, 4) is 11.8 Å². The average molecular weight is 374 g/mol. The highest BCUT2D eigenvalue weighted by molar-refractivity contribution is 5.95. The summed E-state index contributed by atoms with van der Waals surface area (Å²) in [6.07, 6.45) is 9.16. The number of nitrogens with zero attached hydrogens (tertiary/aromatic N) is 2. The Morgan fingerprint density at radius 1 is 1.29 bits per heavy atom. The molecule has 2 rings (SSSR count). The molecule has 28 heavy (non-hydrogen) atoms. The fraction of sp³-hybridized carbons (Fsp3) is 0.360. The Kier molecular flexibility index (Phi) is 8.49. The highest BCUT2D eigenvalue weighted by atomic mass is 14.9. The van der Waals surface area contributed by atoms with Crippen LogP contribution in [0.3, 0.4) is 0 Å². The molecule has 0 saturated heterocycles. The van der Waals surface area contributed by atoms with Crippen LogP contribution in [0.4, 0.5) is 11.5 Å². The summed E-state index contributed by atoms with van der Waals surface area (Å²) in [4.78, 5) is 8.97. The van der Waals surface area contributed by atoms with Gasteiger partial charge in [-0.25, -0.2) is 4.98 Å². The van der Waals surface area contributed by atoms with Gasteiger partial charge >= 0.3 is 0 Å². The van der Waals surface area contributed by atoms with E-state index in [1.165, 1.54) is 24.0 Å². The van der Waals surface area contributed by atoms with Crippen LogP contribution in [0.25, 0.3) is 0 Å². The number of aromatic nitrogens is 1. The summed E-state index contributed by atoms with van der Waals surface area (Å²) in [6.45, 7) is 8.70. The first-order valence-corrected chi connectivity index (χ1v) is 9.98. The summed E-state index contributed by atoms with van der Waals surface area (Å²) in [5, 5.41) is 2.99. The number of pyridine rings is 1. The molecule has 146 valence electrons. The Balaban J connectivity index is 1.98. The van der Waals surface area contributed by atoms with Gasteiger partial charge in [-0.3, -0.25) is 4.99 Å². The van der Waals surface area contributed by atoms with Crippen LogP contribution in [0.2, 0.25) is 0 Å². The number of hydrogen-bond donors (Lipinski definition) is 1. The van der Waals surface area contributed by atoms with Crippen molar-refractivity contribution < 1.29 is 0 Å². The van der Waals surface area contributed by atoms with Gasteiger partial charge in [-0.05, 0) is 74.1 Å². The molecule has 1 heterocycles. The van der Waals surface area contributed by atoms with E-state index in [0.29, 0.717) is 0 Å². The molecule has 1 aromatic carbocycles. The van der Waals surface area contributed by atoms with Gasteiger partial charge in [0.1, 0.15) is 5.82 Å². The summed E-state index contributed by atoms with van der Waals surface area (Å²) >= 11 is 0. The number of nitrogens with one attached hydrogen (secondary N) is 1. The summed E-state index contributed by atoms with van der Waals surface area (Å²) in [6, 6.07) is 10.5. The van der Waals surface area contributed by atoms with Gasteiger partial charge in [0.2, 0.25) is 0 Å². The first-order valence-electron chi connectivity index (χ1n) is 9.98. The molecule has 0 spiro atoms. The summed E-state index contributed by atoms with van der Waals surface area (Å²) < 4.78 is 0. The second-order valence-corrected chi connectivity index (χ2v) is 7.21. The zero-order valence-electron chi connectivity index (χ0n) is 17.7. The van der Waals surface area contributed by atoms with Gasteiger partial charge in [-0.2, -0.15) is 0 Å². The Labute approximate surface area is 170 Å². The summed E-state index contributed by atoms with van der Waals surface area (Å²) in [5.74, 6) is 7.74. The third kappa shape index (κ3) is 7.04. The first-order chi connectivity index (χ1) is 13.5. The molecule has 0 amide bonds. The third-order valence-corrected chi connectivity index (χ3v) is 4.82. The van der Waals surface area contributed by atoms with Gasteiger partial charge in [-0.1, -0.05) is 44.2 Å². The van der Waals surface area contributed by atoms with Crippen molar-refractivity contribution in [1.82, 2.24) is 4.98 Å². The molecule has 1 N–H and O–H groups in total. The lowest BCUT2D eigenvalue weighted by Crippen LogP contribution is -1.96. The fourth-order valence-corrected chi connectivity index (χ4v) is 2.75. The highest BCUT2D eigenvalue weighted by Gasteiger charge is 2.03. The van der Waals surface area contributed by atoms with E-state index < -0.39 is 0 Å². The highest BCUT2D eigenvalue weighted by Crippen LogP contribution is 2.22. The Morgan fingerprint density at radius 3 is 2.75 bits per heavy atom. The van der Waals surface area contributed by atoms with Gasteiger partial charge in [0.05, 0.1) is 5.69 Å². The van der Waals surface area contributed by atoms with Crippen LogP contribution in [0.5, 0.6) is 0 Å². The lowest BCUT2D eigenvalue weighted by molar-refractivity contribution is 0.516. The van der Waals surface area contributed by atoms with Crippen LogP contribution < -0.4 is 5.32 Å². The number of anilines is 1. The van der Waals surface area contributed by atoms with Crippen LogP contribution in [-0.2, 0) is 6.42 Å². The van der Waals surface area contributed by atoms with Crippen LogP contribution in [0, 0.1) is 24.7 Å². The zero-order chi connectivity index (χ0) is 20.4. The molecule has 3 heteroatoms. The van der Waals surface area contributed by atoms with E-state index in [9.17, 15) is 0 Å². The number of aryl methyl sites for hydroxylation is 2. The third-order valence-electron chi connectivity index (χ3n) is 4.82. The smallest absolute Gasteiger partial charge is 0.125 e. The maximum Gasteiger partial charge on any atom is 0.125 e. The van der Waals surface area contributed by atoms with Crippen LogP contribution >= 0.6 is 0 Å². The van der Waals surface area contributed by atoms with E-state index in [1.54, 1.807) is 6.20 Å². The van der Waals surface area contributed by atoms with Crippen molar-refractivity contribution in [2.24, 2.45) is 10.9 Å². The van der Waals surface area contributed by atoms with Crippen LogP contribution in [-0.4, -0.2) is 17.7 Å². The SMILES string of the molecule is CCC(C)CCc1ccc(/N=C(C)/C=C/C#Cc2ccc(NC)nc2)c(C)c1. The maximum absolute atomic E-state index is 4.72. The number of benzene rings is 1. The van der Waals surface area contributed by atoms with Crippen molar-refractivity contribution in [2.75, 3.05) is 12.4 Å². The molecule has 0 radical (unpaired) electrons. The van der Waals surface area contributed by atoms with Gasteiger partial charge < -0.3 is 5.32 Å². The zero-order valence-corrected chi connectivity index (χ0v) is 17.7.